The Morgan fingerprint density at radius 1 is 1.14 bits per heavy atom. The minimum absolute atomic E-state index is 0.199. The smallest absolute Gasteiger partial charge is 0.250 e. The van der Waals surface area contributed by atoms with Gasteiger partial charge in [-0.25, -0.2) is 13.1 Å². The summed E-state index contributed by atoms with van der Waals surface area (Å²) in [6.45, 7) is 6.50. The summed E-state index contributed by atoms with van der Waals surface area (Å²) in [6, 6.07) is 7.08. The van der Waals surface area contributed by atoms with Crippen molar-refractivity contribution in [2.45, 2.75) is 25.0 Å². The Morgan fingerprint density at radius 3 is 2.45 bits per heavy atom. The van der Waals surface area contributed by atoms with Gasteiger partial charge in [0.25, 0.3) is 0 Å². The number of sulfonamides is 1. The summed E-state index contributed by atoms with van der Waals surface area (Å²) in [6.07, 6.45) is 0. The van der Waals surface area contributed by atoms with Crippen molar-refractivity contribution in [3.05, 3.63) is 45.3 Å². The highest BCUT2D eigenvalue weighted by Crippen LogP contribution is 2.25. The third kappa shape index (κ3) is 4.23. The van der Waals surface area contributed by atoms with Gasteiger partial charge in [0.05, 0.1) is 4.34 Å². The molecule has 0 spiro atoms. The predicted octanol–water partition coefficient (Wildman–Crippen LogP) is 3.68. The Balaban J connectivity index is 1.91. The highest BCUT2D eigenvalue weighted by atomic mass is 35.5. The van der Waals surface area contributed by atoms with Crippen LogP contribution in [0.25, 0.3) is 0 Å². The molecule has 120 valence electrons. The molecule has 0 saturated carbocycles. The van der Waals surface area contributed by atoms with Crippen molar-refractivity contribution in [2.75, 3.05) is 13.2 Å². The van der Waals surface area contributed by atoms with Gasteiger partial charge in [0.1, 0.15) is 16.6 Å². The lowest BCUT2D eigenvalue weighted by Crippen LogP contribution is -2.27. The monoisotopic (exact) mass is 359 g/mol. The van der Waals surface area contributed by atoms with E-state index < -0.39 is 10.0 Å². The zero-order valence-corrected chi connectivity index (χ0v) is 15.0. The van der Waals surface area contributed by atoms with E-state index in [9.17, 15) is 8.42 Å². The first-order valence-corrected chi connectivity index (χ1v) is 9.43. The lowest BCUT2D eigenvalue weighted by atomic mass is 10.1. The van der Waals surface area contributed by atoms with E-state index in [1.807, 2.05) is 26.8 Å². The molecule has 1 aromatic heterocycles. The second-order valence-electron chi connectivity index (χ2n) is 5.01. The van der Waals surface area contributed by atoms with Crippen LogP contribution in [0.5, 0.6) is 5.75 Å². The van der Waals surface area contributed by atoms with Gasteiger partial charge in [-0.3, -0.25) is 0 Å². The van der Waals surface area contributed by atoms with Crippen LogP contribution >= 0.6 is 22.9 Å². The fourth-order valence-corrected chi connectivity index (χ4v) is 4.48. The molecule has 7 heteroatoms. The number of rotatable bonds is 6. The van der Waals surface area contributed by atoms with Crippen molar-refractivity contribution in [1.82, 2.24) is 4.72 Å². The summed E-state index contributed by atoms with van der Waals surface area (Å²) in [7, 11) is -3.51. The predicted molar refractivity (Wildman–Crippen MR) is 90.7 cm³/mol. The summed E-state index contributed by atoms with van der Waals surface area (Å²) >= 11 is 6.78. The highest BCUT2D eigenvalue weighted by molar-refractivity contribution is 7.91. The summed E-state index contributed by atoms with van der Waals surface area (Å²) in [5, 5.41) is 0. The minimum Gasteiger partial charge on any atom is -0.492 e. The van der Waals surface area contributed by atoms with Crippen LogP contribution in [0.3, 0.4) is 0 Å². The average Bonchev–Trinajstić information content (AvgIpc) is 2.88. The van der Waals surface area contributed by atoms with Crippen molar-refractivity contribution in [1.29, 1.82) is 0 Å². The van der Waals surface area contributed by atoms with Gasteiger partial charge in [-0.15, -0.1) is 11.3 Å². The third-order valence-corrected chi connectivity index (χ3v) is 6.44. The fraction of sp³-hybridized carbons (Fsp3) is 0.333. The Morgan fingerprint density at radius 2 is 1.82 bits per heavy atom. The molecule has 4 nitrogen and oxygen atoms in total. The third-order valence-electron chi connectivity index (χ3n) is 3.26. The fourth-order valence-electron chi connectivity index (χ4n) is 1.94. The summed E-state index contributed by atoms with van der Waals surface area (Å²) in [5.74, 6) is 0.779. The molecular weight excluding hydrogens is 342 g/mol. The van der Waals surface area contributed by atoms with E-state index >= 15 is 0 Å². The van der Waals surface area contributed by atoms with Gasteiger partial charge in [0.15, 0.2) is 0 Å². The molecule has 0 saturated heterocycles. The van der Waals surface area contributed by atoms with Crippen molar-refractivity contribution in [2.24, 2.45) is 0 Å². The lowest BCUT2D eigenvalue weighted by molar-refractivity contribution is 0.320. The number of aryl methyl sites for hydroxylation is 3. The van der Waals surface area contributed by atoms with Crippen LogP contribution in [-0.4, -0.2) is 21.6 Å². The molecule has 0 unspecified atom stereocenters. The van der Waals surface area contributed by atoms with Gasteiger partial charge in [0, 0.05) is 6.54 Å². The average molecular weight is 360 g/mol. The Labute approximate surface area is 140 Å². The molecule has 1 heterocycles. The van der Waals surface area contributed by atoms with E-state index in [-0.39, 0.29) is 17.4 Å². The molecule has 0 bridgehead atoms. The number of hydrogen-bond donors (Lipinski definition) is 1. The summed E-state index contributed by atoms with van der Waals surface area (Å²) in [4.78, 5) is 0. The van der Waals surface area contributed by atoms with E-state index in [2.05, 4.69) is 10.8 Å². The van der Waals surface area contributed by atoms with Gasteiger partial charge in [-0.05, 0) is 55.7 Å². The molecule has 0 aliphatic rings. The molecule has 0 fully saturated rings. The zero-order valence-electron chi connectivity index (χ0n) is 12.6. The minimum atomic E-state index is -3.51. The van der Waals surface area contributed by atoms with Crippen LogP contribution in [-0.2, 0) is 10.0 Å². The Hall–Kier alpha value is -1.08. The molecule has 0 amide bonds. The van der Waals surface area contributed by atoms with Crippen molar-refractivity contribution in [3.63, 3.8) is 0 Å². The zero-order chi connectivity index (χ0) is 16.3. The maximum absolute atomic E-state index is 12.0. The molecule has 2 aromatic rings. The second kappa shape index (κ2) is 7.00. The second-order valence-corrected chi connectivity index (χ2v) is 8.72. The number of nitrogens with one attached hydrogen (secondary N) is 1. The van der Waals surface area contributed by atoms with Gasteiger partial charge in [0.2, 0.25) is 10.0 Å². The normalized spacial score (nSPS) is 11.6. The van der Waals surface area contributed by atoms with E-state index in [1.54, 1.807) is 6.07 Å². The topological polar surface area (TPSA) is 55.4 Å². The standard InChI is InChI=1S/C15H18ClNO3S2/c1-10-8-12(3)13(9-11(10)2)20-7-6-17-22(18,19)15-5-4-14(16)21-15/h4-5,8-9,17H,6-7H2,1-3H3. The van der Waals surface area contributed by atoms with Gasteiger partial charge < -0.3 is 4.74 Å². The Bertz CT molecular complexity index is 769. The van der Waals surface area contributed by atoms with Gasteiger partial charge in [-0.2, -0.15) is 0 Å². The van der Waals surface area contributed by atoms with Crippen molar-refractivity contribution < 1.29 is 13.2 Å². The first-order valence-electron chi connectivity index (χ1n) is 6.75. The van der Waals surface area contributed by atoms with Gasteiger partial charge in [-0.1, -0.05) is 17.7 Å². The van der Waals surface area contributed by atoms with Gasteiger partial charge >= 0.3 is 0 Å². The number of benzene rings is 1. The highest BCUT2D eigenvalue weighted by Gasteiger charge is 2.15. The quantitative estimate of drug-likeness (QED) is 0.800. The van der Waals surface area contributed by atoms with Crippen LogP contribution in [0.1, 0.15) is 16.7 Å². The molecule has 0 aliphatic heterocycles. The van der Waals surface area contributed by atoms with E-state index in [4.69, 9.17) is 16.3 Å². The number of thiophene rings is 1. The van der Waals surface area contributed by atoms with Crippen molar-refractivity contribution in [3.8, 4) is 5.75 Å². The lowest BCUT2D eigenvalue weighted by Gasteiger charge is -2.12. The number of ether oxygens (including phenoxy) is 1. The first kappa shape index (κ1) is 17.3. The first-order chi connectivity index (χ1) is 10.3. The van der Waals surface area contributed by atoms with E-state index in [1.165, 1.54) is 11.6 Å². The Kier molecular flexibility index (Phi) is 5.50. The summed E-state index contributed by atoms with van der Waals surface area (Å²) < 4.78 is 32.8. The maximum Gasteiger partial charge on any atom is 0.250 e. The van der Waals surface area contributed by atoms with E-state index in [0.717, 1.165) is 28.2 Å². The van der Waals surface area contributed by atoms with Crippen molar-refractivity contribution >= 4 is 33.0 Å². The molecule has 0 atom stereocenters. The van der Waals surface area contributed by atoms with Crippen LogP contribution in [0.4, 0.5) is 0 Å². The number of halogens is 1. The molecule has 0 aliphatic carbocycles. The molecule has 1 N–H and O–H groups in total. The number of hydrogen-bond acceptors (Lipinski definition) is 4. The molecule has 22 heavy (non-hydrogen) atoms. The maximum atomic E-state index is 12.0. The van der Waals surface area contributed by atoms with Crippen LogP contribution in [0.15, 0.2) is 28.5 Å². The molecule has 0 radical (unpaired) electrons. The molecule has 1 aromatic carbocycles. The van der Waals surface area contributed by atoms with Crippen LogP contribution in [0, 0.1) is 20.8 Å². The largest absolute Gasteiger partial charge is 0.492 e. The summed E-state index contributed by atoms with van der Waals surface area (Å²) in [5.41, 5.74) is 3.39. The SMILES string of the molecule is Cc1cc(C)c(OCCNS(=O)(=O)c2ccc(Cl)s2)cc1C. The van der Waals surface area contributed by atoms with E-state index in [0.29, 0.717) is 4.34 Å². The molecule has 2 rings (SSSR count). The van der Waals surface area contributed by atoms with Crippen LogP contribution < -0.4 is 9.46 Å². The molecular formula is C15H18ClNO3S2. The van der Waals surface area contributed by atoms with Crippen LogP contribution in [0.2, 0.25) is 4.34 Å².